The Morgan fingerprint density at radius 3 is 2.72 bits per heavy atom. The molecule has 7 nitrogen and oxygen atoms in total. The number of anilines is 2. The lowest BCUT2D eigenvalue weighted by molar-refractivity contribution is 0.0931. The second-order valence-corrected chi connectivity index (χ2v) is 5.72. The van der Waals surface area contributed by atoms with Gasteiger partial charge < -0.3 is 20.1 Å². The van der Waals surface area contributed by atoms with Crippen LogP contribution in [0.15, 0.2) is 30.3 Å². The van der Waals surface area contributed by atoms with Crippen molar-refractivity contribution in [2.24, 2.45) is 0 Å². The third kappa shape index (κ3) is 5.72. The van der Waals surface area contributed by atoms with Crippen LogP contribution in [0.1, 0.15) is 30.2 Å². The number of nitrogens with zero attached hydrogens (tertiary/aromatic N) is 2. The number of carbonyl (C=O) groups is 1. The molecule has 0 unspecified atom stereocenters. The van der Waals surface area contributed by atoms with Gasteiger partial charge in [0.25, 0.3) is 5.91 Å². The minimum absolute atomic E-state index is 0.0530. The fraction of sp³-hybridized carbons (Fsp3) is 0.389. The van der Waals surface area contributed by atoms with Gasteiger partial charge in [-0.25, -0.2) is 9.97 Å². The molecule has 1 amide bonds. The van der Waals surface area contributed by atoms with Crippen molar-refractivity contribution in [2.45, 2.75) is 26.9 Å². The van der Waals surface area contributed by atoms with Crippen molar-refractivity contribution in [3.05, 3.63) is 41.9 Å². The monoisotopic (exact) mass is 344 g/mol. The Balaban J connectivity index is 2.19. The van der Waals surface area contributed by atoms with Gasteiger partial charge in [0.2, 0.25) is 0 Å². The first kappa shape index (κ1) is 18.7. The summed E-state index contributed by atoms with van der Waals surface area (Å²) in [5.74, 6) is 1.49. The van der Waals surface area contributed by atoms with Gasteiger partial charge in [-0.1, -0.05) is 12.1 Å². The van der Waals surface area contributed by atoms with Gasteiger partial charge in [-0.05, 0) is 32.9 Å². The summed E-state index contributed by atoms with van der Waals surface area (Å²) in [6.45, 7) is 6.54. The Morgan fingerprint density at radius 2 is 2.00 bits per heavy atom. The molecule has 7 heteroatoms. The van der Waals surface area contributed by atoms with Crippen LogP contribution in [-0.2, 0) is 4.74 Å². The molecule has 2 aromatic rings. The van der Waals surface area contributed by atoms with Crippen molar-refractivity contribution in [1.29, 1.82) is 0 Å². The predicted molar refractivity (Wildman–Crippen MR) is 96.5 cm³/mol. The van der Waals surface area contributed by atoms with Crippen LogP contribution in [0.5, 0.6) is 5.75 Å². The lowest BCUT2D eigenvalue weighted by Crippen LogP contribution is -2.28. The summed E-state index contributed by atoms with van der Waals surface area (Å²) >= 11 is 0. The van der Waals surface area contributed by atoms with E-state index in [1.807, 2.05) is 38.1 Å². The molecule has 0 radical (unpaired) electrons. The fourth-order valence-corrected chi connectivity index (χ4v) is 2.17. The Bertz CT molecular complexity index is 719. The van der Waals surface area contributed by atoms with Crippen LogP contribution < -0.4 is 15.4 Å². The molecule has 0 saturated carbocycles. The molecule has 0 bridgehead atoms. The van der Waals surface area contributed by atoms with Gasteiger partial charge in [0.1, 0.15) is 23.1 Å². The molecule has 1 heterocycles. The zero-order chi connectivity index (χ0) is 18.2. The van der Waals surface area contributed by atoms with Gasteiger partial charge in [-0.2, -0.15) is 0 Å². The molecule has 2 N–H and O–H groups in total. The van der Waals surface area contributed by atoms with E-state index in [9.17, 15) is 4.79 Å². The molecule has 134 valence electrons. The summed E-state index contributed by atoms with van der Waals surface area (Å²) in [5.41, 5.74) is 1.08. The van der Waals surface area contributed by atoms with Crippen molar-refractivity contribution < 1.29 is 14.3 Å². The second-order valence-electron chi connectivity index (χ2n) is 5.72. The summed E-state index contributed by atoms with van der Waals surface area (Å²) in [6, 6.07) is 9.20. The van der Waals surface area contributed by atoms with Crippen molar-refractivity contribution in [1.82, 2.24) is 15.3 Å². The van der Waals surface area contributed by atoms with E-state index in [-0.39, 0.29) is 12.0 Å². The summed E-state index contributed by atoms with van der Waals surface area (Å²) in [6.07, 6.45) is 0.0530. The number of benzene rings is 1. The van der Waals surface area contributed by atoms with E-state index in [2.05, 4.69) is 20.6 Å². The van der Waals surface area contributed by atoms with Crippen molar-refractivity contribution in [3.8, 4) is 5.75 Å². The minimum atomic E-state index is -0.266. The molecular weight excluding hydrogens is 320 g/mol. The lowest BCUT2D eigenvalue weighted by Gasteiger charge is -2.15. The highest BCUT2D eigenvalue weighted by atomic mass is 16.5. The van der Waals surface area contributed by atoms with Gasteiger partial charge >= 0.3 is 0 Å². The molecule has 0 saturated heterocycles. The molecule has 25 heavy (non-hydrogen) atoms. The van der Waals surface area contributed by atoms with Gasteiger partial charge in [-0.15, -0.1) is 0 Å². The van der Waals surface area contributed by atoms with E-state index < -0.39 is 0 Å². The number of aromatic nitrogens is 2. The third-order valence-corrected chi connectivity index (χ3v) is 3.17. The number of carbonyl (C=O) groups excluding carboxylic acids is 1. The van der Waals surface area contributed by atoms with E-state index in [1.54, 1.807) is 20.1 Å². The highest BCUT2D eigenvalue weighted by Gasteiger charge is 2.12. The number of methoxy groups -OCH3 is 1. The van der Waals surface area contributed by atoms with E-state index >= 15 is 0 Å². The second kappa shape index (κ2) is 8.98. The quantitative estimate of drug-likeness (QED) is 0.716. The standard InChI is InChI=1S/C18H24N4O3/c1-12(2)25-16-8-6-5-7-14(16)22-17-11-15(20-13(3)21-17)18(23)19-9-10-24-4/h5-8,11-12H,9-10H2,1-4H3,(H,19,23)(H,20,21,22). The molecule has 0 aliphatic carbocycles. The van der Waals surface area contributed by atoms with Gasteiger partial charge in [0.05, 0.1) is 18.4 Å². The molecule has 1 aromatic carbocycles. The number of hydrogen-bond acceptors (Lipinski definition) is 6. The number of aryl methyl sites for hydroxylation is 1. The first-order valence-electron chi connectivity index (χ1n) is 8.15. The lowest BCUT2D eigenvalue weighted by atomic mass is 10.2. The SMILES string of the molecule is COCCNC(=O)c1cc(Nc2ccccc2OC(C)C)nc(C)n1. The molecular formula is C18H24N4O3. The van der Waals surface area contributed by atoms with Crippen LogP contribution in [0.2, 0.25) is 0 Å². The van der Waals surface area contributed by atoms with Gasteiger partial charge in [0, 0.05) is 19.7 Å². The maximum absolute atomic E-state index is 12.2. The number of para-hydroxylation sites is 2. The van der Waals surface area contributed by atoms with Crippen LogP contribution >= 0.6 is 0 Å². The molecule has 1 aromatic heterocycles. The Hall–Kier alpha value is -2.67. The van der Waals surface area contributed by atoms with E-state index in [0.717, 1.165) is 11.4 Å². The van der Waals surface area contributed by atoms with Gasteiger partial charge in [-0.3, -0.25) is 4.79 Å². The van der Waals surface area contributed by atoms with E-state index in [1.165, 1.54) is 0 Å². The van der Waals surface area contributed by atoms with Crippen LogP contribution in [0.3, 0.4) is 0 Å². The largest absolute Gasteiger partial charge is 0.489 e. The maximum atomic E-state index is 12.2. The summed E-state index contributed by atoms with van der Waals surface area (Å²) in [5, 5.41) is 5.95. The highest BCUT2D eigenvalue weighted by molar-refractivity contribution is 5.93. The topological polar surface area (TPSA) is 85.4 Å². The van der Waals surface area contributed by atoms with E-state index in [4.69, 9.17) is 9.47 Å². The summed E-state index contributed by atoms with van der Waals surface area (Å²) in [4.78, 5) is 20.7. The smallest absolute Gasteiger partial charge is 0.270 e. The zero-order valence-electron chi connectivity index (χ0n) is 15.0. The van der Waals surface area contributed by atoms with E-state index in [0.29, 0.717) is 30.5 Å². The summed E-state index contributed by atoms with van der Waals surface area (Å²) in [7, 11) is 1.58. The van der Waals surface area contributed by atoms with Crippen molar-refractivity contribution >= 4 is 17.4 Å². The number of rotatable bonds is 8. The predicted octanol–water partition coefficient (Wildman–Crippen LogP) is 2.69. The molecule has 0 atom stereocenters. The first-order valence-corrected chi connectivity index (χ1v) is 8.15. The normalized spacial score (nSPS) is 10.6. The molecule has 0 spiro atoms. The molecule has 0 aliphatic rings. The van der Waals surface area contributed by atoms with Crippen molar-refractivity contribution in [2.75, 3.05) is 25.6 Å². The average molecular weight is 344 g/mol. The zero-order valence-corrected chi connectivity index (χ0v) is 15.0. The number of hydrogen-bond donors (Lipinski definition) is 2. The average Bonchev–Trinajstić information content (AvgIpc) is 2.56. The molecule has 0 aliphatic heterocycles. The molecule has 2 rings (SSSR count). The fourth-order valence-electron chi connectivity index (χ4n) is 2.17. The van der Waals surface area contributed by atoms with Crippen LogP contribution in [0.25, 0.3) is 0 Å². The van der Waals surface area contributed by atoms with Crippen LogP contribution in [0.4, 0.5) is 11.5 Å². The van der Waals surface area contributed by atoms with Crippen LogP contribution in [-0.4, -0.2) is 42.2 Å². The third-order valence-electron chi connectivity index (χ3n) is 3.17. The highest BCUT2D eigenvalue weighted by Crippen LogP contribution is 2.27. The molecule has 0 fully saturated rings. The number of nitrogens with one attached hydrogen (secondary N) is 2. The summed E-state index contributed by atoms with van der Waals surface area (Å²) < 4.78 is 10.7. The number of amides is 1. The Labute approximate surface area is 147 Å². The Morgan fingerprint density at radius 1 is 1.24 bits per heavy atom. The minimum Gasteiger partial charge on any atom is -0.489 e. The Kier molecular flexibility index (Phi) is 6.71. The van der Waals surface area contributed by atoms with Gasteiger partial charge in [0.15, 0.2) is 0 Å². The van der Waals surface area contributed by atoms with Crippen molar-refractivity contribution in [3.63, 3.8) is 0 Å². The first-order chi connectivity index (χ1) is 12.0. The van der Waals surface area contributed by atoms with Crippen LogP contribution in [0, 0.1) is 6.92 Å². The maximum Gasteiger partial charge on any atom is 0.270 e. The number of ether oxygens (including phenoxy) is 2.